The average Bonchev–Trinajstić information content (AvgIpc) is 3.19. The van der Waals surface area contributed by atoms with Crippen molar-refractivity contribution in [1.82, 2.24) is 9.78 Å². The summed E-state index contributed by atoms with van der Waals surface area (Å²) in [6.45, 7) is 5.93. The van der Waals surface area contributed by atoms with Gasteiger partial charge in [0.2, 0.25) is 0 Å². The molecule has 1 amide bonds. The third-order valence-electron chi connectivity index (χ3n) is 4.67. The number of hydrogen-bond acceptors (Lipinski definition) is 4. The van der Waals surface area contributed by atoms with Crippen LogP contribution >= 0.6 is 0 Å². The number of benzene rings is 2. The van der Waals surface area contributed by atoms with Gasteiger partial charge < -0.3 is 10.1 Å². The number of nitrogens with zero attached hydrogens (tertiary/aromatic N) is 2. The number of hydrogen-bond donors (Lipinski definition) is 1. The number of ether oxygens (including phenoxy) is 1. The van der Waals surface area contributed by atoms with Crippen molar-refractivity contribution in [2.45, 2.75) is 38.4 Å². The number of carbonyl (C=O) groups is 1. The van der Waals surface area contributed by atoms with Gasteiger partial charge in [-0.1, -0.05) is 17.7 Å². The second-order valence-electron chi connectivity index (χ2n) is 7.39. The molecule has 0 saturated carbocycles. The Morgan fingerprint density at radius 1 is 1.10 bits per heavy atom. The Hall–Kier alpha value is -2.93. The lowest BCUT2D eigenvalue weighted by molar-refractivity contribution is 0.102. The molecule has 0 spiro atoms. The van der Waals surface area contributed by atoms with Crippen LogP contribution in [-0.4, -0.2) is 26.0 Å². The standard InChI is InChI=1S/C22H23N3O3S/c1-14(2)28-18-10-6-16(7-11-18)22(26)23-21-19-12-29(27)13-20(19)24-25(21)17-8-4-15(3)5-9-17/h4-11,14H,12-13H2,1-3H3,(H,23,26)/t29-/m1/s1. The summed E-state index contributed by atoms with van der Waals surface area (Å²) in [7, 11) is -0.979. The van der Waals surface area contributed by atoms with Crippen LogP contribution in [0.25, 0.3) is 5.69 Å². The van der Waals surface area contributed by atoms with Crippen molar-refractivity contribution < 1.29 is 13.7 Å². The number of rotatable bonds is 5. The third-order valence-corrected chi connectivity index (χ3v) is 5.87. The van der Waals surface area contributed by atoms with Crippen LogP contribution in [0, 0.1) is 6.92 Å². The second-order valence-corrected chi connectivity index (χ2v) is 8.85. The zero-order chi connectivity index (χ0) is 20.5. The normalized spacial score (nSPS) is 15.4. The fourth-order valence-electron chi connectivity index (χ4n) is 3.27. The van der Waals surface area contributed by atoms with Gasteiger partial charge in [0, 0.05) is 21.9 Å². The Labute approximate surface area is 172 Å². The van der Waals surface area contributed by atoms with E-state index in [1.807, 2.05) is 45.0 Å². The molecule has 1 aromatic heterocycles. The van der Waals surface area contributed by atoms with Gasteiger partial charge in [-0.2, -0.15) is 5.10 Å². The fraction of sp³-hybridized carbons (Fsp3) is 0.273. The van der Waals surface area contributed by atoms with E-state index >= 15 is 0 Å². The minimum absolute atomic E-state index is 0.0713. The largest absolute Gasteiger partial charge is 0.491 e. The molecule has 0 saturated heterocycles. The van der Waals surface area contributed by atoms with Gasteiger partial charge in [-0.3, -0.25) is 9.00 Å². The Morgan fingerprint density at radius 3 is 2.45 bits per heavy atom. The quantitative estimate of drug-likeness (QED) is 0.692. The van der Waals surface area contributed by atoms with Crippen molar-refractivity contribution in [3.8, 4) is 11.4 Å². The van der Waals surface area contributed by atoms with Crippen LogP contribution in [0.15, 0.2) is 48.5 Å². The molecule has 0 fully saturated rings. The highest BCUT2D eigenvalue weighted by atomic mass is 32.2. The second kappa shape index (κ2) is 7.83. The van der Waals surface area contributed by atoms with Gasteiger partial charge in [0.05, 0.1) is 29.0 Å². The first-order valence-electron chi connectivity index (χ1n) is 9.51. The molecule has 2 aromatic carbocycles. The van der Waals surface area contributed by atoms with Gasteiger partial charge in [-0.05, 0) is 57.2 Å². The molecule has 4 rings (SSSR count). The van der Waals surface area contributed by atoms with E-state index in [0.717, 1.165) is 28.3 Å². The van der Waals surface area contributed by atoms with Crippen LogP contribution in [-0.2, 0) is 22.3 Å². The van der Waals surface area contributed by atoms with Gasteiger partial charge in [0.25, 0.3) is 5.91 Å². The minimum atomic E-state index is -0.979. The predicted molar refractivity (Wildman–Crippen MR) is 114 cm³/mol. The summed E-state index contributed by atoms with van der Waals surface area (Å²) in [6.07, 6.45) is 0.0713. The minimum Gasteiger partial charge on any atom is -0.491 e. The number of nitrogens with one attached hydrogen (secondary N) is 1. The molecule has 29 heavy (non-hydrogen) atoms. The molecule has 7 heteroatoms. The highest BCUT2D eigenvalue weighted by molar-refractivity contribution is 7.83. The zero-order valence-corrected chi connectivity index (χ0v) is 17.5. The summed E-state index contributed by atoms with van der Waals surface area (Å²) in [5.74, 6) is 1.88. The van der Waals surface area contributed by atoms with E-state index in [1.54, 1.807) is 28.9 Å². The maximum atomic E-state index is 12.9. The summed E-state index contributed by atoms with van der Waals surface area (Å²) < 4.78 is 19.4. The van der Waals surface area contributed by atoms with Crippen molar-refractivity contribution >= 4 is 22.5 Å². The SMILES string of the molecule is Cc1ccc(-n2nc3c(c2NC(=O)c2ccc(OC(C)C)cc2)C[S@@](=O)C3)cc1. The number of aromatic nitrogens is 2. The molecule has 3 aromatic rings. The number of anilines is 1. The molecular weight excluding hydrogens is 386 g/mol. The van der Waals surface area contributed by atoms with E-state index in [4.69, 9.17) is 4.74 Å². The molecule has 2 heterocycles. The molecule has 1 atom stereocenters. The highest BCUT2D eigenvalue weighted by Crippen LogP contribution is 2.31. The first kappa shape index (κ1) is 19.4. The summed E-state index contributed by atoms with van der Waals surface area (Å²) in [5.41, 5.74) is 4.14. The third kappa shape index (κ3) is 4.10. The maximum Gasteiger partial charge on any atom is 0.256 e. The van der Waals surface area contributed by atoms with Gasteiger partial charge >= 0.3 is 0 Å². The number of fused-ring (bicyclic) bond motifs is 1. The fourth-order valence-corrected chi connectivity index (χ4v) is 4.53. The lowest BCUT2D eigenvalue weighted by Gasteiger charge is -2.12. The molecule has 1 N–H and O–H groups in total. The summed E-state index contributed by atoms with van der Waals surface area (Å²) in [4.78, 5) is 12.9. The number of amides is 1. The van der Waals surface area contributed by atoms with E-state index in [9.17, 15) is 9.00 Å². The summed E-state index contributed by atoms with van der Waals surface area (Å²) in [5, 5.41) is 7.61. The van der Waals surface area contributed by atoms with Crippen LogP contribution in [0.2, 0.25) is 0 Å². The molecule has 0 aliphatic carbocycles. The van der Waals surface area contributed by atoms with Crippen molar-refractivity contribution in [1.29, 1.82) is 0 Å². The Bertz CT molecular complexity index is 1070. The highest BCUT2D eigenvalue weighted by Gasteiger charge is 2.28. The van der Waals surface area contributed by atoms with Crippen LogP contribution in [0.3, 0.4) is 0 Å². The molecule has 6 nitrogen and oxygen atoms in total. The van der Waals surface area contributed by atoms with Crippen molar-refractivity contribution in [3.05, 3.63) is 70.9 Å². The van der Waals surface area contributed by atoms with Crippen LogP contribution < -0.4 is 10.1 Å². The van der Waals surface area contributed by atoms with Crippen molar-refractivity contribution in [3.63, 3.8) is 0 Å². The number of carbonyl (C=O) groups excluding carboxylic acids is 1. The Kier molecular flexibility index (Phi) is 5.24. The number of aryl methyl sites for hydroxylation is 1. The van der Waals surface area contributed by atoms with E-state index < -0.39 is 10.8 Å². The van der Waals surface area contributed by atoms with E-state index in [-0.39, 0.29) is 12.0 Å². The van der Waals surface area contributed by atoms with Gasteiger partial charge in [-0.25, -0.2) is 4.68 Å². The smallest absolute Gasteiger partial charge is 0.256 e. The topological polar surface area (TPSA) is 73.2 Å². The maximum absolute atomic E-state index is 12.9. The first-order valence-corrected chi connectivity index (χ1v) is 11.0. The summed E-state index contributed by atoms with van der Waals surface area (Å²) in [6, 6.07) is 15.0. The Morgan fingerprint density at radius 2 is 1.79 bits per heavy atom. The first-order chi connectivity index (χ1) is 13.9. The molecule has 1 aliphatic heterocycles. The van der Waals surface area contributed by atoms with Gasteiger partial charge in [-0.15, -0.1) is 0 Å². The molecular formula is C22H23N3O3S. The van der Waals surface area contributed by atoms with Crippen LogP contribution in [0.1, 0.15) is 41.0 Å². The summed E-state index contributed by atoms with van der Waals surface area (Å²) >= 11 is 0. The van der Waals surface area contributed by atoms with E-state index in [0.29, 0.717) is 22.9 Å². The van der Waals surface area contributed by atoms with E-state index in [2.05, 4.69) is 10.4 Å². The van der Waals surface area contributed by atoms with Gasteiger partial charge in [0.15, 0.2) is 0 Å². The predicted octanol–water partition coefficient (Wildman–Crippen LogP) is 3.98. The van der Waals surface area contributed by atoms with Gasteiger partial charge in [0.1, 0.15) is 11.6 Å². The van der Waals surface area contributed by atoms with Crippen molar-refractivity contribution in [2.24, 2.45) is 0 Å². The van der Waals surface area contributed by atoms with Crippen LogP contribution in [0.5, 0.6) is 5.75 Å². The molecule has 150 valence electrons. The molecule has 1 aliphatic rings. The monoisotopic (exact) mass is 409 g/mol. The molecule has 0 bridgehead atoms. The lowest BCUT2D eigenvalue weighted by atomic mass is 10.2. The molecule has 0 radical (unpaired) electrons. The van der Waals surface area contributed by atoms with Crippen molar-refractivity contribution in [2.75, 3.05) is 5.32 Å². The van der Waals surface area contributed by atoms with Crippen LogP contribution in [0.4, 0.5) is 5.82 Å². The molecule has 0 unspecified atom stereocenters. The lowest BCUT2D eigenvalue weighted by Crippen LogP contribution is -2.16. The van der Waals surface area contributed by atoms with E-state index in [1.165, 1.54) is 0 Å². The zero-order valence-electron chi connectivity index (χ0n) is 16.6. The Balaban J connectivity index is 1.64. The average molecular weight is 410 g/mol.